The van der Waals surface area contributed by atoms with Gasteiger partial charge in [-0.05, 0) is 62.7 Å². The van der Waals surface area contributed by atoms with Crippen LogP contribution in [0.3, 0.4) is 0 Å². The van der Waals surface area contributed by atoms with E-state index in [9.17, 15) is 0 Å². The quantitative estimate of drug-likeness (QED) is 0.753. The third kappa shape index (κ3) is 4.22. The summed E-state index contributed by atoms with van der Waals surface area (Å²) in [6.45, 7) is 1.27. The van der Waals surface area contributed by atoms with E-state index < -0.39 is 0 Å². The first kappa shape index (κ1) is 16.3. The van der Waals surface area contributed by atoms with Crippen molar-refractivity contribution in [2.45, 2.75) is 13.2 Å². The van der Waals surface area contributed by atoms with E-state index in [1.807, 2.05) is 37.4 Å². The van der Waals surface area contributed by atoms with Gasteiger partial charge in [-0.3, -0.25) is 0 Å². The van der Waals surface area contributed by atoms with Gasteiger partial charge in [-0.2, -0.15) is 0 Å². The van der Waals surface area contributed by atoms with Crippen LogP contribution >= 0.6 is 31.9 Å². The van der Waals surface area contributed by atoms with Crippen molar-refractivity contribution in [1.82, 2.24) is 5.32 Å². The van der Waals surface area contributed by atoms with Crippen molar-refractivity contribution in [3.8, 4) is 11.5 Å². The first-order chi connectivity index (χ1) is 10.2. The highest BCUT2D eigenvalue weighted by atomic mass is 79.9. The summed E-state index contributed by atoms with van der Waals surface area (Å²) in [7, 11) is 3.58. The van der Waals surface area contributed by atoms with Crippen molar-refractivity contribution in [3.63, 3.8) is 0 Å². The van der Waals surface area contributed by atoms with Gasteiger partial charge in [0.2, 0.25) is 0 Å². The lowest BCUT2D eigenvalue weighted by Crippen LogP contribution is -2.08. The van der Waals surface area contributed by atoms with Crippen LogP contribution in [0.15, 0.2) is 45.3 Å². The van der Waals surface area contributed by atoms with E-state index in [0.717, 1.165) is 38.1 Å². The van der Waals surface area contributed by atoms with Gasteiger partial charge in [0.25, 0.3) is 0 Å². The number of benzene rings is 2. The number of hydrogen-bond donors (Lipinski definition) is 1. The Morgan fingerprint density at radius 2 is 1.90 bits per heavy atom. The third-order valence-corrected chi connectivity index (χ3v) is 4.26. The van der Waals surface area contributed by atoms with Gasteiger partial charge in [-0.25, -0.2) is 0 Å². The van der Waals surface area contributed by atoms with Gasteiger partial charge in [-0.15, -0.1) is 0 Å². The van der Waals surface area contributed by atoms with Crippen molar-refractivity contribution in [1.29, 1.82) is 0 Å². The first-order valence-corrected chi connectivity index (χ1v) is 8.11. The highest BCUT2D eigenvalue weighted by Crippen LogP contribution is 2.31. The third-order valence-electron chi connectivity index (χ3n) is 3.02. The monoisotopic (exact) mass is 413 g/mol. The highest BCUT2D eigenvalue weighted by Gasteiger charge is 2.08. The minimum Gasteiger partial charge on any atom is -0.496 e. The zero-order chi connectivity index (χ0) is 15.2. The molecular weight excluding hydrogens is 398 g/mol. The predicted octanol–water partition coefficient (Wildman–Crippen LogP) is 4.52. The fourth-order valence-electron chi connectivity index (χ4n) is 2.00. The van der Waals surface area contributed by atoms with Gasteiger partial charge in [0.15, 0.2) is 0 Å². The van der Waals surface area contributed by atoms with Crippen molar-refractivity contribution in [3.05, 3.63) is 56.5 Å². The van der Waals surface area contributed by atoms with Crippen LogP contribution < -0.4 is 14.8 Å². The summed E-state index contributed by atoms with van der Waals surface area (Å²) in [4.78, 5) is 0. The summed E-state index contributed by atoms with van der Waals surface area (Å²) in [5, 5.41) is 3.15. The molecule has 1 N–H and O–H groups in total. The van der Waals surface area contributed by atoms with Gasteiger partial charge in [0, 0.05) is 12.1 Å². The fraction of sp³-hybridized carbons (Fsp3) is 0.250. The average Bonchev–Trinajstić information content (AvgIpc) is 2.47. The summed E-state index contributed by atoms with van der Waals surface area (Å²) < 4.78 is 13.1. The number of nitrogens with one attached hydrogen (secondary N) is 1. The van der Waals surface area contributed by atoms with E-state index in [2.05, 4.69) is 43.2 Å². The standard InChI is InChI=1S/C16H17Br2NO2/c1-19-9-12-4-3-5-13(17)16(12)21-10-11-6-7-15(20-2)14(18)8-11/h3-8,19H,9-10H2,1-2H3. The Balaban J connectivity index is 2.14. The van der Waals surface area contributed by atoms with E-state index >= 15 is 0 Å². The molecule has 21 heavy (non-hydrogen) atoms. The van der Waals surface area contributed by atoms with Crippen molar-refractivity contribution < 1.29 is 9.47 Å². The fourth-order valence-corrected chi connectivity index (χ4v) is 3.11. The van der Waals surface area contributed by atoms with Crippen LogP contribution in [-0.4, -0.2) is 14.2 Å². The van der Waals surface area contributed by atoms with Crippen LogP contribution in [0.4, 0.5) is 0 Å². The molecule has 0 bridgehead atoms. The van der Waals surface area contributed by atoms with Crippen LogP contribution in [0.5, 0.6) is 11.5 Å². The summed E-state index contributed by atoms with van der Waals surface area (Å²) in [6.07, 6.45) is 0. The van der Waals surface area contributed by atoms with Crippen LogP contribution in [0, 0.1) is 0 Å². The van der Waals surface area contributed by atoms with Gasteiger partial charge in [0.1, 0.15) is 18.1 Å². The first-order valence-electron chi connectivity index (χ1n) is 6.53. The smallest absolute Gasteiger partial charge is 0.138 e. The predicted molar refractivity (Wildman–Crippen MR) is 91.9 cm³/mol. The Morgan fingerprint density at radius 3 is 2.57 bits per heavy atom. The summed E-state index contributed by atoms with van der Waals surface area (Å²) in [6, 6.07) is 12.0. The lowest BCUT2D eigenvalue weighted by Gasteiger charge is -2.14. The molecule has 0 atom stereocenters. The molecule has 0 saturated heterocycles. The lowest BCUT2D eigenvalue weighted by molar-refractivity contribution is 0.300. The molecule has 2 rings (SSSR count). The van der Waals surface area contributed by atoms with Crippen molar-refractivity contribution in [2.75, 3.05) is 14.2 Å². The zero-order valence-electron chi connectivity index (χ0n) is 12.0. The summed E-state index contributed by atoms with van der Waals surface area (Å²) in [5.41, 5.74) is 2.20. The molecule has 0 heterocycles. The van der Waals surface area contributed by atoms with Crippen LogP contribution in [0.2, 0.25) is 0 Å². The van der Waals surface area contributed by atoms with Gasteiger partial charge >= 0.3 is 0 Å². The molecule has 0 aromatic heterocycles. The van der Waals surface area contributed by atoms with E-state index in [0.29, 0.717) is 6.61 Å². The molecule has 0 unspecified atom stereocenters. The number of rotatable bonds is 6. The second-order valence-corrected chi connectivity index (χ2v) is 6.22. The van der Waals surface area contributed by atoms with Crippen LogP contribution in [0.25, 0.3) is 0 Å². The average molecular weight is 415 g/mol. The van der Waals surface area contributed by atoms with Gasteiger partial charge < -0.3 is 14.8 Å². The Kier molecular flexibility index (Phi) is 6.08. The van der Waals surface area contributed by atoms with Crippen LogP contribution in [-0.2, 0) is 13.2 Å². The molecular formula is C16H17Br2NO2. The minimum absolute atomic E-state index is 0.502. The molecule has 0 radical (unpaired) electrons. The Morgan fingerprint density at radius 1 is 1.10 bits per heavy atom. The largest absolute Gasteiger partial charge is 0.496 e. The highest BCUT2D eigenvalue weighted by molar-refractivity contribution is 9.10. The molecule has 0 spiro atoms. The van der Waals surface area contributed by atoms with Crippen molar-refractivity contribution >= 4 is 31.9 Å². The van der Waals surface area contributed by atoms with E-state index in [1.165, 1.54) is 0 Å². The molecule has 0 aliphatic carbocycles. The number of methoxy groups -OCH3 is 1. The molecule has 0 fully saturated rings. The molecule has 0 amide bonds. The minimum atomic E-state index is 0.502. The maximum absolute atomic E-state index is 5.99. The SMILES string of the molecule is CNCc1cccc(Br)c1OCc1ccc(OC)c(Br)c1. The molecule has 2 aromatic carbocycles. The number of ether oxygens (including phenoxy) is 2. The molecule has 3 nitrogen and oxygen atoms in total. The maximum atomic E-state index is 5.99. The number of para-hydroxylation sites is 1. The number of hydrogen-bond acceptors (Lipinski definition) is 3. The topological polar surface area (TPSA) is 30.5 Å². The normalized spacial score (nSPS) is 10.5. The summed E-state index contributed by atoms with van der Waals surface area (Å²) in [5.74, 6) is 1.69. The second-order valence-electron chi connectivity index (χ2n) is 4.52. The molecule has 2 aromatic rings. The molecule has 5 heteroatoms. The Bertz CT molecular complexity index is 617. The van der Waals surface area contributed by atoms with Crippen LogP contribution in [0.1, 0.15) is 11.1 Å². The molecule has 0 aliphatic rings. The second kappa shape index (κ2) is 7.82. The lowest BCUT2D eigenvalue weighted by atomic mass is 10.2. The Hall–Kier alpha value is -1.04. The number of halogens is 2. The molecule has 0 aliphatic heterocycles. The van der Waals surface area contributed by atoms with E-state index in [4.69, 9.17) is 9.47 Å². The van der Waals surface area contributed by atoms with Crippen molar-refractivity contribution in [2.24, 2.45) is 0 Å². The van der Waals surface area contributed by atoms with Gasteiger partial charge in [0.05, 0.1) is 16.1 Å². The van der Waals surface area contributed by atoms with Gasteiger partial charge in [-0.1, -0.05) is 18.2 Å². The summed E-state index contributed by atoms with van der Waals surface area (Å²) >= 11 is 7.03. The van der Waals surface area contributed by atoms with E-state index in [-0.39, 0.29) is 0 Å². The molecule has 0 saturated carbocycles. The maximum Gasteiger partial charge on any atom is 0.138 e. The zero-order valence-corrected chi connectivity index (χ0v) is 15.1. The van der Waals surface area contributed by atoms with E-state index in [1.54, 1.807) is 7.11 Å². The Labute approximate surface area is 141 Å². The molecule has 112 valence electrons.